The number of nitrogens with zero attached hydrogens (tertiary/aromatic N) is 1. The van der Waals surface area contributed by atoms with E-state index in [1.165, 1.54) is 0 Å². The van der Waals surface area contributed by atoms with Crippen molar-refractivity contribution in [2.75, 3.05) is 0 Å². The SMILES string of the molecule is Cl.ClCc1cnc(Cl)cc1Br. The molecule has 1 aromatic heterocycles. The summed E-state index contributed by atoms with van der Waals surface area (Å²) in [5.41, 5.74) is 0.950. The van der Waals surface area contributed by atoms with E-state index in [4.69, 9.17) is 23.2 Å². The molecule has 0 aliphatic heterocycles. The Morgan fingerprint density at radius 2 is 2.18 bits per heavy atom. The van der Waals surface area contributed by atoms with E-state index >= 15 is 0 Å². The molecule has 0 aliphatic rings. The summed E-state index contributed by atoms with van der Waals surface area (Å²) < 4.78 is 0.905. The summed E-state index contributed by atoms with van der Waals surface area (Å²) in [6.45, 7) is 0. The molecular weight excluding hydrogens is 272 g/mol. The van der Waals surface area contributed by atoms with E-state index in [0.717, 1.165) is 10.0 Å². The van der Waals surface area contributed by atoms with Gasteiger partial charge in [-0.05, 0) is 11.6 Å². The second-order valence-electron chi connectivity index (χ2n) is 1.73. The minimum Gasteiger partial charge on any atom is -0.244 e. The maximum absolute atomic E-state index is 5.59. The van der Waals surface area contributed by atoms with Crippen molar-refractivity contribution in [2.45, 2.75) is 5.88 Å². The predicted molar refractivity (Wildman–Crippen MR) is 53.8 cm³/mol. The van der Waals surface area contributed by atoms with Crippen molar-refractivity contribution in [2.24, 2.45) is 0 Å². The zero-order valence-corrected chi connectivity index (χ0v) is 9.27. The third kappa shape index (κ3) is 3.16. The summed E-state index contributed by atoms with van der Waals surface area (Å²) in [7, 11) is 0. The summed E-state index contributed by atoms with van der Waals surface area (Å²) >= 11 is 14.5. The fraction of sp³-hybridized carbons (Fsp3) is 0.167. The summed E-state index contributed by atoms with van der Waals surface area (Å²) in [6, 6.07) is 1.72. The van der Waals surface area contributed by atoms with Crippen LogP contribution >= 0.6 is 51.5 Å². The first-order valence-electron chi connectivity index (χ1n) is 2.60. The van der Waals surface area contributed by atoms with Crippen LogP contribution in [0.15, 0.2) is 16.7 Å². The molecule has 0 fully saturated rings. The highest BCUT2D eigenvalue weighted by atomic mass is 79.9. The summed E-state index contributed by atoms with van der Waals surface area (Å²) in [4.78, 5) is 3.86. The topological polar surface area (TPSA) is 12.9 Å². The molecule has 62 valence electrons. The van der Waals surface area contributed by atoms with Crippen LogP contribution in [0.2, 0.25) is 5.15 Å². The Morgan fingerprint density at radius 3 is 2.64 bits per heavy atom. The van der Waals surface area contributed by atoms with Gasteiger partial charge in [-0.1, -0.05) is 27.5 Å². The number of aromatic nitrogens is 1. The minimum atomic E-state index is 0. The van der Waals surface area contributed by atoms with Crippen molar-refractivity contribution >= 4 is 51.5 Å². The summed E-state index contributed by atoms with van der Waals surface area (Å²) in [5, 5.41) is 0.473. The second kappa shape index (κ2) is 5.20. The van der Waals surface area contributed by atoms with E-state index in [9.17, 15) is 0 Å². The van der Waals surface area contributed by atoms with E-state index < -0.39 is 0 Å². The highest BCUT2D eigenvalue weighted by Crippen LogP contribution is 2.20. The van der Waals surface area contributed by atoms with Crippen LogP contribution in [0.5, 0.6) is 0 Å². The van der Waals surface area contributed by atoms with Gasteiger partial charge in [0.15, 0.2) is 0 Å². The molecule has 0 saturated heterocycles. The molecule has 0 unspecified atom stereocenters. The smallest absolute Gasteiger partial charge is 0.130 e. The van der Waals surface area contributed by atoms with E-state index in [1.54, 1.807) is 12.3 Å². The monoisotopic (exact) mass is 275 g/mol. The normalized spacial score (nSPS) is 9.00. The van der Waals surface area contributed by atoms with Crippen molar-refractivity contribution in [1.82, 2.24) is 4.98 Å². The maximum Gasteiger partial charge on any atom is 0.130 e. The van der Waals surface area contributed by atoms with Crippen molar-refractivity contribution in [3.63, 3.8) is 0 Å². The Hall–Kier alpha value is 0.500. The largest absolute Gasteiger partial charge is 0.244 e. The summed E-state index contributed by atoms with van der Waals surface area (Å²) in [5.74, 6) is 0.449. The van der Waals surface area contributed by atoms with Crippen molar-refractivity contribution < 1.29 is 0 Å². The Kier molecular flexibility index (Phi) is 5.44. The first-order valence-corrected chi connectivity index (χ1v) is 4.30. The molecule has 1 heterocycles. The van der Waals surface area contributed by atoms with Crippen LogP contribution in [0, 0.1) is 0 Å². The van der Waals surface area contributed by atoms with Gasteiger partial charge in [-0.25, -0.2) is 4.98 Å². The number of hydrogen-bond donors (Lipinski definition) is 0. The van der Waals surface area contributed by atoms with E-state index in [1.807, 2.05) is 0 Å². The van der Waals surface area contributed by atoms with E-state index in [-0.39, 0.29) is 12.4 Å². The maximum atomic E-state index is 5.59. The fourth-order valence-electron chi connectivity index (χ4n) is 0.534. The number of halogens is 4. The zero-order chi connectivity index (χ0) is 7.56. The first-order chi connectivity index (χ1) is 4.74. The quantitative estimate of drug-likeness (QED) is 0.564. The van der Waals surface area contributed by atoms with Crippen molar-refractivity contribution in [3.8, 4) is 0 Å². The van der Waals surface area contributed by atoms with Crippen molar-refractivity contribution in [1.29, 1.82) is 0 Å². The standard InChI is InChI=1S/C6H4BrCl2N.ClH/c7-5-1-6(9)10-3-4(5)2-8;/h1,3H,2H2;1H. The third-order valence-corrected chi connectivity index (χ3v) is 2.27. The van der Waals surface area contributed by atoms with Crippen LogP contribution < -0.4 is 0 Å². The Labute approximate surface area is 89.6 Å². The first kappa shape index (κ1) is 11.5. The van der Waals surface area contributed by atoms with Gasteiger partial charge in [-0.2, -0.15) is 0 Å². The molecule has 0 amide bonds. The van der Waals surface area contributed by atoms with Crippen LogP contribution in [0.25, 0.3) is 0 Å². The lowest BCUT2D eigenvalue weighted by atomic mass is 10.3. The van der Waals surface area contributed by atoms with Crippen LogP contribution in [0.4, 0.5) is 0 Å². The third-order valence-electron chi connectivity index (χ3n) is 1.04. The lowest BCUT2D eigenvalue weighted by molar-refractivity contribution is 1.23. The zero-order valence-electron chi connectivity index (χ0n) is 5.35. The average molecular weight is 277 g/mol. The molecule has 0 aromatic carbocycles. The number of rotatable bonds is 1. The van der Waals surface area contributed by atoms with Gasteiger partial charge < -0.3 is 0 Å². The molecule has 0 saturated carbocycles. The molecule has 0 aliphatic carbocycles. The number of hydrogen-bond acceptors (Lipinski definition) is 1. The number of pyridine rings is 1. The van der Waals surface area contributed by atoms with Gasteiger partial charge in [0.25, 0.3) is 0 Å². The Bertz CT molecular complexity index is 241. The van der Waals surface area contributed by atoms with Gasteiger partial charge in [0.05, 0.1) is 5.88 Å². The van der Waals surface area contributed by atoms with Gasteiger partial charge in [-0.3, -0.25) is 0 Å². The molecule has 1 aromatic rings. The van der Waals surface area contributed by atoms with E-state index in [2.05, 4.69) is 20.9 Å². The van der Waals surface area contributed by atoms with Gasteiger partial charge in [0.2, 0.25) is 0 Å². The molecule has 0 atom stereocenters. The van der Waals surface area contributed by atoms with Crippen LogP contribution in [0.3, 0.4) is 0 Å². The lowest BCUT2D eigenvalue weighted by Crippen LogP contribution is -1.82. The molecule has 1 rings (SSSR count). The minimum absolute atomic E-state index is 0. The van der Waals surface area contributed by atoms with E-state index in [0.29, 0.717) is 11.0 Å². The molecule has 5 heteroatoms. The molecule has 0 bridgehead atoms. The van der Waals surface area contributed by atoms with Gasteiger partial charge in [0, 0.05) is 10.7 Å². The molecule has 0 spiro atoms. The van der Waals surface area contributed by atoms with Crippen LogP contribution in [0.1, 0.15) is 5.56 Å². The Balaban J connectivity index is 0.000001000. The molecule has 0 N–H and O–H groups in total. The van der Waals surface area contributed by atoms with Gasteiger partial charge in [-0.15, -0.1) is 24.0 Å². The summed E-state index contributed by atoms with van der Waals surface area (Å²) in [6.07, 6.45) is 1.65. The highest BCUT2D eigenvalue weighted by Gasteiger charge is 1.98. The molecular formula is C6H5BrCl3N. The lowest BCUT2D eigenvalue weighted by Gasteiger charge is -1.97. The Morgan fingerprint density at radius 1 is 1.55 bits per heavy atom. The fourth-order valence-corrected chi connectivity index (χ4v) is 1.66. The molecule has 0 radical (unpaired) electrons. The highest BCUT2D eigenvalue weighted by molar-refractivity contribution is 9.10. The van der Waals surface area contributed by atoms with Gasteiger partial charge >= 0.3 is 0 Å². The van der Waals surface area contributed by atoms with Gasteiger partial charge in [0.1, 0.15) is 5.15 Å². The second-order valence-corrected chi connectivity index (χ2v) is 3.24. The predicted octanol–water partition coefficient (Wildman–Crippen LogP) is 3.66. The average Bonchev–Trinajstić information content (AvgIpc) is 1.88. The van der Waals surface area contributed by atoms with Crippen LogP contribution in [-0.2, 0) is 5.88 Å². The van der Waals surface area contributed by atoms with Crippen molar-refractivity contribution in [3.05, 3.63) is 27.5 Å². The van der Waals surface area contributed by atoms with Crippen LogP contribution in [-0.4, -0.2) is 4.98 Å². The molecule has 11 heavy (non-hydrogen) atoms. The molecule has 1 nitrogen and oxygen atoms in total. The number of alkyl halides is 1.